The van der Waals surface area contributed by atoms with E-state index in [9.17, 15) is 4.79 Å². The number of aryl methyl sites for hydroxylation is 2. The highest BCUT2D eigenvalue weighted by Crippen LogP contribution is 2.43. The Morgan fingerprint density at radius 3 is 1.85 bits per heavy atom. The first-order chi connectivity index (χ1) is 33.1. The predicted octanol–water partition coefficient (Wildman–Crippen LogP) is 14.9. The molecule has 3 unspecified atom stereocenters. The number of allylic oxidation sites excluding steroid dienone is 2. The lowest BCUT2D eigenvalue weighted by molar-refractivity contribution is 0.101. The number of methoxy groups -OCH3 is 2. The van der Waals surface area contributed by atoms with Gasteiger partial charge < -0.3 is 18.9 Å². The molecular formula is C59H76N4O5. The zero-order valence-corrected chi connectivity index (χ0v) is 42.8. The van der Waals surface area contributed by atoms with Crippen LogP contribution >= 0.6 is 0 Å². The van der Waals surface area contributed by atoms with Crippen LogP contribution in [0, 0.1) is 17.8 Å². The average Bonchev–Trinajstić information content (AvgIpc) is 3.35. The summed E-state index contributed by atoms with van der Waals surface area (Å²) in [7, 11) is 3.25. The van der Waals surface area contributed by atoms with Crippen LogP contribution in [0.4, 0.5) is 11.4 Å². The molecule has 1 aliphatic rings. The van der Waals surface area contributed by atoms with E-state index in [1.807, 2.05) is 56.6 Å². The van der Waals surface area contributed by atoms with Gasteiger partial charge in [0.15, 0.2) is 28.8 Å². The van der Waals surface area contributed by atoms with Gasteiger partial charge in [-0.15, -0.1) is 0 Å². The number of ketones is 1. The van der Waals surface area contributed by atoms with Gasteiger partial charge in [-0.2, -0.15) is 0 Å². The number of ether oxygens (including phenoxy) is 4. The molecule has 3 atom stereocenters. The first-order valence-electron chi connectivity index (χ1n) is 25.0. The second kappa shape index (κ2) is 27.0. The molecular weight excluding hydrogens is 845 g/mol. The Morgan fingerprint density at radius 2 is 1.29 bits per heavy atom. The summed E-state index contributed by atoms with van der Waals surface area (Å²) in [5.74, 6) is 2.96. The van der Waals surface area contributed by atoms with Crippen molar-refractivity contribution in [2.24, 2.45) is 27.7 Å². The van der Waals surface area contributed by atoms with Crippen molar-refractivity contribution in [3.8, 4) is 23.0 Å². The molecule has 6 rings (SSSR count). The number of hydrogen-bond donors (Lipinski definition) is 0. The van der Waals surface area contributed by atoms with Crippen molar-refractivity contribution in [2.75, 3.05) is 14.2 Å². The summed E-state index contributed by atoms with van der Waals surface area (Å²) < 4.78 is 24.6. The fraction of sp³-hybridized carbons (Fsp3) is 0.441. The fourth-order valence-corrected chi connectivity index (χ4v) is 8.60. The van der Waals surface area contributed by atoms with Crippen LogP contribution in [0.2, 0.25) is 0 Å². The van der Waals surface area contributed by atoms with Gasteiger partial charge >= 0.3 is 0 Å². The van der Waals surface area contributed by atoms with E-state index in [0.717, 1.165) is 80.4 Å². The molecule has 9 nitrogen and oxygen atoms in total. The molecule has 0 aliphatic heterocycles. The third kappa shape index (κ3) is 14.2. The van der Waals surface area contributed by atoms with Crippen molar-refractivity contribution in [3.63, 3.8) is 0 Å². The number of Topliss-reactive ketones (excluding diaryl/α,β-unsaturated/α-hetero) is 1. The third-order valence-electron chi connectivity index (χ3n) is 13.1. The molecule has 0 bridgehead atoms. The van der Waals surface area contributed by atoms with Crippen molar-refractivity contribution in [2.45, 2.75) is 140 Å². The first-order valence-corrected chi connectivity index (χ1v) is 25.0. The quantitative estimate of drug-likeness (QED) is 0.0448. The van der Waals surface area contributed by atoms with E-state index in [0.29, 0.717) is 45.9 Å². The Hall–Kier alpha value is -6.09. The van der Waals surface area contributed by atoms with E-state index in [2.05, 4.69) is 89.1 Å². The van der Waals surface area contributed by atoms with E-state index in [4.69, 9.17) is 33.9 Å². The van der Waals surface area contributed by atoms with Crippen molar-refractivity contribution in [1.82, 2.24) is 9.97 Å². The van der Waals surface area contributed by atoms with Crippen LogP contribution in [0.15, 0.2) is 101 Å². The molecule has 68 heavy (non-hydrogen) atoms. The molecule has 1 saturated carbocycles. The van der Waals surface area contributed by atoms with Gasteiger partial charge in [0.05, 0.1) is 37.0 Å². The van der Waals surface area contributed by atoms with Crippen molar-refractivity contribution in [3.05, 3.63) is 136 Å². The molecule has 2 heterocycles. The van der Waals surface area contributed by atoms with Crippen LogP contribution in [-0.2, 0) is 38.9 Å². The van der Waals surface area contributed by atoms with E-state index in [1.165, 1.54) is 34.3 Å². The maximum absolute atomic E-state index is 12.9. The number of nitrogens with zero attached hydrogens (tertiary/aromatic N) is 4. The van der Waals surface area contributed by atoms with Gasteiger partial charge in [-0.3, -0.25) is 24.7 Å². The van der Waals surface area contributed by atoms with E-state index >= 15 is 0 Å². The minimum atomic E-state index is -0.106. The number of benzene rings is 3. The number of hydrogen-bond acceptors (Lipinski definition) is 9. The van der Waals surface area contributed by atoms with E-state index in [1.54, 1.807) is 33.3 Å². The molecule has 0 amide bonds. The molecule has 0 N–H and O–H groups in total. The van der Waals surface area contributed by atoms with Crippen LogP contribution in [0.3, 0.4) is 0 Å². The molecule has 362 valence electrons. The molecule has 0 radical (unpaired) electrons. The van der Waals surface area contributed by atoms with Crippen LogP contribution in [0.1, 0.15) is 151 Å². The van der Waals surface area contributed by atoms with Crippen molar-refractivity contribution in [1.29, 1.82) is 0 Å². The zero-order chi connectivity index (χ0) is 49.0. The molecule has 1 aliphatic carbocycles. The summed E-state index contributed by atoms with van der Waals surface area (Å²) in [6, 6.07) is 26.3. The molecule has 3 aromatic carbocycles. The molecule has 9 heteroatoms. The molecule has 0 spiro atoms. The summed E-state index contributed by atoms with van der Waals surface area (Å²) >= 11 is 0. The molecule has 1 fully saturated rings. The lowest BCUT2D eigenvalue weighted by Gasteiger charge is -2.23. The molecule has 2 aromatic heterocycles. The minimum absolute atomic E-state index is 0.106. The Bertz CT molecular complexity index is 2500. The Labute approximate surface area is 407 Å². The van der Waals surface area contributed by atoms with Gasteiger partial charge in [0.25, 0.3) is 0 Å². The smallest absolute Gasteiger partial charge is 0.163 e. The number of carbonyl (C=O) groups is 1. The third-order valence-corrected chi connectivity index (χ3v) is 13.1. The summed E-state index contributed by atoms with van der Waals surface area (Å²) in [4.78, 5) is 32.6. The number of rotatable bonds is 24. The van der Waals surface area contributed by atoms with Crippen molar-refractivity contribution < 1.29 is 23.7 Å². The standard InChI is InChI=1S/C57H70N4O5.C2H6/c1-10-19-41(28-51-43(13-4)24-18-27-58-51)34-59-53-33-57(55(64-9)31-50(53)40(7)62)66-37-48-26-17-25-47(61-48)36-65-56-32-52(49(30-54(56)63-8)39(6)44-22-16-23-44)60-35-46(38(5)11-2)29-45-21-15-14-20-42(45)12-3;1-2/h14-15,17-18,20-21,24-27,30-35,38,41,46H,10-13,16,19,22-23,28-29,36-37H2,1-9H3;1-2H3. The van der Waals surface area contributed by atoms with Crippen molar-refractivity contribution >= 4 is 35.2 Å². The Morgan fingerprint density at radius 1 is 0.706 bits per heavy atom. The minimum Gasteiger partial charge on any atom is -0.493 e. The van der Waals surface area contributed by atoms with Gasteiger partial charge in [-0.25, -0.2) is 0 Å². The largest absolute Gasteiger partial charge is 0.493 e. The highest BCUT2D eigenvalue weighted by Gasteiger charge is 2.21. The van der Waals surface area contributed by atoms with Gasteiger partial charge in [0.2, 0.25) is 0 Å². The monoisotopic (exact) mass is 921 g/mol. The number of carbonyl (C=O) groups excluding carboxylic acids is 1. The fourth-order valence-electron chi connectivity index (χ4n) is 8.60. The Kier molecular flexibility index (Phi) is 21.0. The Balaban J connectivity index is 0.00000426. The van der Waals surface area contributed by atoms with Crippen LogP contribution in [0.25, 0.3) is 5.57 Å². The van der Waals surface area contributed by atoms with E-state index < -0.39 is 0 Å². The van der Waals surface area contributed by atoms with Gasteiger partial charge in [0, 0.05) is 53.5 Å². The molecule has 5 aromatic rings. The van der Waals surface area contributed by atoms with E-state index in [-0.39, 0.29) is 30.8 Å². The zero-order valence-electron chi connectivity index (χ0n) is 42.8. The predicted molar refractivity (Wildman–Crippen MR) is 281 cm³/mol. The summed E-state index contributed by atoms with van der Waals surface area (Å²) in [5, 5.41) is 0. The summed E-state index contributed by atoms with van der Waals surface area (Å²) in [6.07, 6.45) is 16.1. The normalized spacial score (nSPS) is 13.6. The summed E-state index contributed by atoms with van der Waals surface area (Å²) in [6.45, 7) is 19.3. The van der Waals surface area contributed by atoms with Gasteiger partial charge in [0.1, 0.15) is 13.2 Å². The maximum Gasteiger partial charge on any atom is 0.163 e. The summed E-state index contributed by atoms with van der Waals surface area (Å²) in [5.41, 5.74) is 12.3. The highest BCUT2D eigenvalue weighted by molar-refractivity contribution is 6.00. The first kappa shape index (κ1) is 52.9. The number of pyridine rings is 2. The average molecular weight is 921 g/mol. The second-order valence-electron chi connectivity index (χ2n) is 17.5. The highest BCUT2D eigenvalue weighted by atomic mass is 16.5. The van der Waals surface area contributed by atoms with Gasteiger partial charge in [-0.1, -0.05) is 103 Å². The van der Waals surface area contributed by atoms with Gasteiger partial charge in [-0.05, 0) is 130 Å². The lowest BCUT2D eigenvalue weighted by atomic mass is 9.85. The molecule has 0 saturated heterocycles. The maximum atomic E-state index is 12.9. The van der Waals surface area contributed by atoms with Crippen LogP contribution in [0.5, 0.6) is 23.0 Å². The number of aromatic nitrogens is 2. The van der Waals surface area contributed by atoms with Crippen LogP contribution < -0.4 is 18.9 Å². The lowest BCUT2D eigenvalue weighted by Crippen LogP contribution is -2.16. The SMILES string of the molecule is CC.CCCC(C=Nc1cc(OCc2cccc(COc3cc(N=CC(Cc4ccccc4CC)C(C)CC)c(C(C)=C4CCC4)cc3OC)n2)c(OC)cc1C(C)=O)Cc1ncccc1CC. The second-order valence-corrected chi connectivity index (χ2v) is 17.5. The topological polar surface area (TPSA) is 104 Å². The van der Waals surface area contributed by atoms with Crippen LogP contribution in [-0.4, -0.2) is 42.4 Å². The number of aliphatic imine (C=N–C) groups is 2.